The highest BCUT2D eigenvalue weighted by atomic mass is 16.5. The number of benzene rings is 2. The van der Waals surface area contributed by atoms with Crippen LogP contribution in [0.15, 0.2) is 48.5 Å². The molecule has 2 nitrogen and oxygen atoms in total. The van der Waals surface area contributed by atoms with E-state index in [2.05, 4.69) is 25.1 Å². The van der Waals surface area contributed by atoms with Gasteiger partial charge in [0, 0.05) is 6.92 Å². The van der Waals surface area contributed by atoms with Gasteiger partial charge in [0.15, 0.2) is 0 Å². The molecule has 2 heteroatoms. The molecule has 0 aliphatic rings. The van der Waals surface area contributed by atoms with E-state index in [0.29, 0.717) is 5.75 Å². The molecule has 0 radical (unpaired) electrons. The maximum atomic E-state index is 10.8. The van der Waals surface area contributed by atoms with Crippen molar-refractivity contribution in [2.75, 3.05) is 0 Å². The van der Waals surface area contributed by atoms with Gasteiger partial charge in [-0.15, -0.1) is 0 Å². The van der Waals surface area contributed by atoms with E-state index in [4.69, 9.17) is 4.74 Å². The van der Waals surface area contributed by atoms with Crippen molar-refractivity contribution in [2.45, 2.75) is 13.8 Å². The lowest BCUT2D eigenvalue weighted by molar-refractivity contribution is -0.131. The van der Waals surface area contributed by atoms with Crippen LogP contribution < -0.4 is 4.74 Å². The normalized spacial score (nSPS) is 10.0. The molecule has 0 unspecified atom stereocenters. The molecule has 0 aromatic heterocycles. The van der Waals surface area contributed by atoms with Gasteiger partial charge in [-0.3, -0.25) is 4.79 Å². The number of carbonyl (C=O) groups excluding carboxylic acids is 1. The first kappa shape index (κ1) is 11.4. The highest BCUT2D eigenvalue weighted by Crippen LogP contribution is 2.23. The van der Waals surface area contributed by atoms with Gasteiger partial charge in [0.2, 0.25) is 0 Å². The van der Waals surface area contributed by atoms with E-state index in [9.17, 15) is 4.79 Å². The van der Waals surface area contributed by atoms with Crippen LogP contribution in [-0.2, 0) is 4.79 Å². The molecule has 86 valence electrons. The highest BCUT2D eigenvalue weighted by molar-refractivity contribution is 5.70. The van der Waals surface area contributed by atoms with Gasteiger partial charge in [-0.05, 0) is 30.2 Å². The molecule has 0 fully saturated rings. The molecule has 0 atom stereocenters. The van der Waals surface area contributed by atoms with Crippen LogP contribution in [0.4, 0.5) is 0 Å². The average molecular weight is 226 g/mol. The van der Waals surface area contributed by atoms with Crippen molar-refractivity contribution < 1.29 is 9.53 Å². The Hall–Kier alpha value is -2.09. The van der Waals surface area contributed by atoms with E-state index < -0.39 is 0 Å². The van der Waals surface area contributed by atoms with E-state index in [-0.39, 0.29) is 5.97 Å². The average Bonchev–Trinajstić information content (AvgIpc) is 2.29. The van der Waals surface area contributed by atoms with E-state index in [0.717, 1.165) is 5.56 Å². The van der Waals surface area contributed by atoms with Crippen LogP contribution in [-0.4, -0.2) is 5.97 Å². The molecule has 2 rings (SSSR count). The second-order valence-corrected chi connectivity index (χ2v) is 3.99. The van der Waals surface area contributed by atoms with E-state index in [1.165, 1.54) is 18.1 Å². The zero-order valence-electron chi connectivity index (χ0n) is 9.94. The monoisotopic (exact) mass is 226 g/mol. The summed E-state index contributed by atoms with van der Waals surface area (Å²) in [5.74, 6) is 0.280. The molecule has 0 heterocycles. The third-order valence-electron chi connectivity index (χ3n) is 2.47. The minimum atomic E-state index is -0.298. The number of carbonyl (C=O) groups is 1. The summed E-state index contributed by atoms with van der Waals surface area (Å²) in [5.41, 5.74) is 3.51. The number of hydrogen-bond acceptors (Lipinski definition) is 2. The fourth-order valence-electron chi connectivity index (χ4n) is 1.71. The zero-order chi connectivity index (χ0) is 12.3. The Morgan fingerprint density at radius 1 is 1.00 bits per heavy atom. The summed E-state index contributed by atoms with van der Waals surface area (Å²) in [6.45, 7) is 3.46. The van der Waals surface area contributed by atoms with Gasteiger partial charge in [0.1, 0.15) is 5.75 Å². The van der Waals surface area contributed by atoms with E-state index >= 15 is 0 Å². The molecule has 2 aromatic rings. The number of hydrogen-bond donors (Lipinski definition) is 0. The van der Waals surface area contributed by atoms with Crippen LogP contribution in [0.25, 0.3) is 11.1 Å². The van der Waals surface area contributed by atoms with Crippen molar-refractivity contribution in [1.82, 2.24) is 0 Å². The molecule has 17 heavy (non-hydrogen) atoms. The van der Waals surface area contributed by atoms with Crippen LogP contribution in [0.3, 0.4) is 0 Å². The molecule has 0 spiro atoms. The summed E-state index contributed by atoms with van der Waals surface area (Å²) >= 11 is 0. The number of esters is 1. The van der Waals surface area contributed by atoms with Crippen molar-refractivity contribution in [1.29, 1.82) is 0 Å². The van der Waals surface area contributed by atoms with Crippen molar-refractivity contribution in [2.24, 2.45) is 0 Å². The lowest BCUT2D eigenvalue weighted by Crippen LogP contribution is -2.00. The first-order valence-electron chi connectivity index (χ1n) is 5.51. The Morgan fingerprint density at radius 2 is 1.71 bits per heavy atom. The molecule has 0 aliphatic heterocycles. The smallest absolute Gasteiger partial charge is 0.308 e. The van der Waals surface area contributed by atoms with Crippen LogP contribution in [0.2, 0.25) is 0 Å². The Kier molecular flexibility index (Phi) is 3.24. The minimum absolute atomic E-state index is 0.298. The summed E-state index contributed by atoms with van der Waals surface area (Å²) in [6.07, 6.45) is 0. The number of aryl methyl sites for hydroxylation is 1. The van der Waals surface area contributed by atoms with Gasteiger partial charge in [0.05, 0.1) is 0 Å². The number of rotatable bonds is 2. The van der Waals surface area contributed by atoms with Gasteiger partial charge in [0.25, 0.3) is 0 Å². The Labute approximate surface area is 101 Å². The summed E-state index contributed by atoms with van der Waals surface area (Å²) in [6, 6.07) is 15.8. The SMILES string of the molecule is CC(=O)Oc1ccc(-c2cccc(C)c2)cc1. The van der Waals surface area contributed by atoms with Crippen molar-refractivity contribution >= 4 is 5.97 Å². The summed E-state index contributed by atoms with van der Waals surface area (Å²) in [7, 11) is 0. The molecular weight excluding hydrogens is 212 g/mol. The third kappa shape index (κ3) is 2.94. The fraction of sp³-hybridized carbons (Fsp3) is 0.133. The maximum absolute atomic E-state index is 10.8. The topological polar surface area (TPSA) is 26.3 Å². The third-order valence-corrected chi connectivity index (χ3v) is 2.47. The van der Waals surface area contributed by atoms with Crippen molar-refractivity contribution in [3.05, 3.63) is 54.1 Å². The van der Waals surface area contributed by atoms with Gasteiger partial charge in [-0.25, -0.2) is 0 Å². The molecule has 0 saturated heterocycles. The predicted molar refractivity (Wildman–Crippen MR) is 67.9 cm³/mol. The Balaban J connectivity index is 2.26. The summed E-state index contributed by atoms with van der Waals surface area (Å²) in [4.78, 5) is 10.8. The van der Waals surface area contributed by atoms with Crippen LogP contribution in [0, 0.1) is 6.92 Å². The first-order valence-corrected chi connectivity index (χ1v) is 5.51. The lowest BCUT2D eigenvalue weighted by atomic mass is 10.0. The highest BCUT2D eigenvalue weighted by Gasteiger charge is 2.00. The molecule has 0 amide bonds. The zero-order valence-corrected chi connectivity index (χ0v) is 9.94. The molecular formula is C15H14O2. The molecule has 2 aromatic carbocycles. The first-order chi connectivity index (χ1) is 8.15. The molecule has 0 saturated carbocycles. The molecule has 0 bridgehead atoms. The van der Waals surface area contributed by atoms with Gasteiger partial charge >= 0.3 is 5.97 Å². The van der Waals surface area contributed by atoms with Crippen LogP contribution in [0.1, 0.15) is 12.5 Å². The van der Waals surface area contributed by atoms with Gasteiger partial charge < -0.3 is 4.74 Å². The largest absolute Gasteiger partial charge is 0.427 e. The molecule has 0 aliphatic carbocycles. The lowest BCUT2D eigenvalue weighted by Gasteiger charge is -2.05. The van der Waals surface area contributed by atoms with E-state index in [1.807, 2.05) is 18.2 Å². The second kappa shape index (κ2) is 4.83. The Morgan fingerprint density at radius 3 is 2.29 bits per heavy atom. The fourth-order valence-corrected chi connectivity index (χ4v) is 1.71. The van der Waals surface area contributed by atoms with Crippen LogP contribution in [0.5, 0.6) is 5.75 Å². The van der Waals surface area contributed by atoms with Crippen LogP contribution >= 0.6 is 0 Å². The van der Waals surface area contributed by atoms with E-state index in [1.54, 1.807) is 12.1 Å². The summed E-state index contributed by atoms with van der Waals surface area (Å²) < 4.78 is 4.99. The number of ether oxygens (including phenoxy) is 1. The minimum Gasteiger partial charge on any atom is -0.427 e. The quantitative estimate of drug-likeness (QED) is 0.578. The Bertz CT molecular complexity index is 527. The van der Waals surface area contributed by atoms with Gasteiger partial charge in [-0.1, -0.05) is 42.0 Å². The summed E-state index contributed by atoms with van der Waals surface area (Å²) in [5, 5.41) is 0. The van der Waals surface area contributed by atoms with Crippen molar-refractivity contribution in [3.63, 3.8) is 0 Å². The molecule has 0 N–H and O–H groups in total. The maximum Gasteiger partial charge on any atom is 0.308 e. The predicted octanol–water partition coefficient (Wildman–Crippen LogP) is 3.59. The standard InChI is InChI=1S/C15H14O2/c1-11-4-3-5-14(10-11)13-6-8-15(9-7-13)17-12(2)16/h3-10H,1-2H3. The van der Waals surface area contributed by atoms with Crippen molar-refractivity contribution in [3.8, 4) is 16.9 Å². The van der Waals surface area contributed by atoms with Gasteiger partial charge in [-0.2, -0.15) is 0 Å². The second-order valence-electron chi connectivity index (χ2n) is 3.99.